The third-order valence-corrected chi connectivity index (χ3v) is 7.16. The molecule has 156 valence electrons. The fourth-order valence-corrected chi connectivity index (χ4v) is 5.21. The number of anilines is 1. The van der Waals surface area contributed by atoms with Crippen LogP contribution in [0.2, 0.25) is 5.02 Å². The van der Waals surface area contributed by atoms with E-state index in [1.165, 1.54) is 4.31 Å². The van der Waals surface area contributed by atoms with Crippen molar-refractivity contribution in [3.8, 4) is 5.75 Å². The molecule has 1 amide bonds. The summed E-state index contributed by atoms with van der Waals surface area (Å²) < 4.78 is 33.1. The number of aryl methyl sites for hydroxylation is 1. The number of sulfonamides is 1. The Bertz CT molecular complexity index is 994. The Morgan fingerprint density at radius 1 is 1.28 bits per heavy atom. The number of carbonyl (C=O) groups is 1. The SMILES string of the molecule is CCOc1ccc(S(=O)(=O)N2CCC[C@H](C(=O)Nc3ccccc3Cl)C2)cc1C. The molecule has 0 aromatic heterocycles. The predicted molar refractivity (Wildman–Crippen MR) is 114 cm³/mol. The van der Waals surface area contributed by atoms with Crippen LogP contribution in [0.3, 0.4) is 0 Å². The first-order valence-corrected chi connectivity index (χ1v) is 11.4. The van der Waals surface area contributed by atoms with E-state index in [0.29, 0.717) is 42.5 Å². The Morgan fingerprint density at radius 2 is 2.03 bits per heavy atom. The van der Waals surface area contributed by atoms with Gasteiger partial charge in [0.05, 0.1) is 28.1 Å². The number of piperidine rings is 1. The quantitative estimate of drug-likeness (QED) is 0.740. The number of para-hydroxylation sites is 1. The average molecular weight is 437 g/mol. The lowest BCUT2D eigenvalue weighted by atomic mass is 9.99. The van der Waals surface area contributed by atoms with Gasteiger partial charge in [-0.2, -0.15) is 4.31 Å². The summed E-state index contributed by atoms with van der Waals surface area (Å²) in [5.41, 5.74) is 1.29. The molecule has 8 heteroatoms. The first-order chi connectivity index (χ1) is 13.8. The molecule has 0 aliphatic carbocycles. The first kappa shape index (κ1) is 21.6. The van der Waals surface area contributed by atoms with E-state index in [0.717, 1.165) is 5.56 Å². The molecule has 2 aromatic rings. The first-order valence-electron chi connectivity index (χ1n) is 9.62. The average Bonchev–Trinajstić information content (AvgIpc) is 2.71. The molecule has 1 aliphatic rings. The molecule has 29 heavy (non-hydrogen) atoms. The molecule has 6 nitrogen and oxygen atoms in total. The summed E-state index contributed by atoms with van der Waals surface area (Å²) >= 11 is 6.11. The molecule has 1 atom stereocenters. The molecule has 0 unspecified atom stereocenters. The maximum Gasteiger partial charge on any atom is 0.243 e. The van der Waals surface area contributed by atoms with Crippen molar-refractivity contribution in [1.29, 1.82) is 0 Å². The van der Waals surface area contributed by atoms with E-state index in [4.69, 9.17) is 16.3 Å². The maximum absolute atomic E-state index is 13.1. The standard InChI is InChI=1S/C21H25ClN2O4S/c1-3-28-20-11-10-17(13-15(20)2)29(26,27)24-12-6-7-16(14-24)21(25)23-19-9-5-4-8-18(19)22/h4-5,8-11,13,16H,3,6-7,12,14H2,1-2H3,(H,23,25)/t16-/m0/s1. The van der Waals surface area contributed by atoms with Crippen molar-refractivity contribution in [2.24, 2.45) is 5.92 Å². The number of amides is 1. The van der Waals surface area contributed by atoms with Crippen LogP contribution in [0.25, 0.3) is 0 Å². The van der Waals surface area contributed by atoms with Crippen LogP contribution in [0.15, 0.2) is 47.4 Å². The van der Waals surface area contributed by atoms with Crippen LogP contribution < -0.4 is 10.1 Å². The zero-order valence-electron chi connectivity index (χ0n) is 16.5. The van der Waals surface area contributed by atoms with E-state index in [-0.39, 0.29) is 17.3 Å². The van der Waals surface area contributed by atoms with Crippen LogP contribution in [-0.2, 0) is 14.8 Å². The summed E-state index contributed by atoms with van der Waals surface area (Å²) in [6.45, 7) is 4.75. The van der Waals surface area contributed by atoms with Crippen molar-refractivity contribution < 1.29 is 17.9 Å². The van der Waals surface area contributed by atoms with E-state index >= 15 is 0 Å². The zero-order valence-corrected chi connectivity index (χ0v) is 18.1. The van der Waals surface area contributed by atoms with Crippen molar-refractivity contribution in [3.05, 3.63) is 53.1 Å². The Morgan fingerprint density at radius 3 is 2.72 bits per heavy atom. The minimum Gasteiger partial charge on any atom is -0.494 e. The Balaban J connectivity index is 1.75. The van der Waals surface area contributed by atoms with Crippen molar-refractivity contribution in [2.75, 3.05) is 25.0 Å². The largest absolute Gasteiger partial charge is 0.494 e. The van der Waals surface area contributed by atoms with Gasteiger partial charge < -0.3 is 10.1 Å². The van der Waals surface area contributed by atoms with Crippen LogP contribution in [-0.4, -0.2) is 38.3 Å². The number of carbonyl (C=O) groups excluding carboxylic acids is 1. The minimum atomic E-state index is -3.69. The molecule has 0 spiro atoms. The molecule has 1 N–H and O–H groups in total. The second-order valence-electron chi connectivity index (χ2n) is 7.03. The van der Waals surface area contributed by atoms with Crippen molar-refractivity contribution >= 4 is 33.2 Å². The van der Waals surface area contributed by atoms with Crippen molar-refractivity contribution in [1.82, 2.24) is 4.31 Å². The van der Waals surface area contributed by atoms with Gasteiger partial charge in [-0.1, -0.05) is 23.7 Å². The molecule has 0 saturated carbocycles. The summed E-state index contributed by atoms with van der Waals surface area (Å²) in [6, 6.07) is 11.8. The van der Waals surface area contributed by atoms with Gasteiger partial charge in [-0.25, -0.2) is 8.42 Å². The minimum absolute atomic E-state index is 0.144. The van der Waals surface area contributed by atoms with Gasteiger partial charge in [-0.15, -0.1) is 0 Å². The molecule has 2 aromatic carbocycles. The third kappa shape index (κ3) is 4.91. The molecule has 1 aliphatic heterocycles. The fraction of sp³-hybridized carbons (Fsp3) is 0.381. The Kier molecular flexibility index (Phi) is 6.82. The van der Waals surface area contributed by atoms with Gasteiger partial charge in [-0.3, -0.25) is 4.79 Å². The molecule has 3 rings (SSSR count). The summed E-state index contributed by atoms with van der Waals surface area (Å²) in [5.74, 6) is 0.0153. The second-order valence-corrected chi connectivity index (χ2v) is 9.38. The van der Waals surface area contributed by atoms with Crippen molar-refractivity contribution in [2.45, 2.75) is 31.6 Å². The van der Waals surface area contributed by atoms with Crippen LogP contribution in [0.5, 0.6) is 5.75 Å². The van der Waals surface area contributed by atoms with E-state index < -0.39 is 15.9 Å². The number of nitrogens with one attached hydrogen (secondary N) is 1. The number of hydrogen-bond acceptors (Lipinski definition) is 4. The van der Waals surface area contributed by atoms with E-state index in [1.807, 2.05) is 13.8 Å². The number of benzene rings is 2. The number of nitrogens with zero attached hydrogens (tertiary/aromatic N) is 1. The van der Waals surface area contributed by atoms with Crippen LogP contribution in [0, 0.1) is 12.8 Å². The van der Waals surface area contributed by atoms with E-state index in [1.54, 1.807) is 42.5 Å². The molecule has 1 fully saturated rings. The van der Waals surface area contributed by atoms with Crippen LogP contribution in [0.1, 0.15) is 25.3 Å². The van der Waals surface area contributed by atoms with Crippen molar-refractivity contribution in [3.63, 3.8) is 0 Å². The van der Waals surface area contributed by atoms with Gasteiger partial charge in [0.25, 0.3) is 0 Å². The highest BCUT2D eigenvalue weighted by Gasteiger charge is 2.33. The molecular weight excluding hydrogens is 412 g/mol. The number of rotatable bonds is 6. The maximum atomic E-state index is 13.1. The predicted octanol–water partition coefficient (Wildman–Crippen LogP) is 4.09. The number of hydrogen-bond donors (Lipinski definition) is 1. The van der Waals surface area contributed by atoms with Gasteiger partial charge in [0.15, 0.2) is 0 Å². The fourth-order valence-electron chi connectivity index (χ4n) is 3.42. The zero-order chi connectivity index (χ0) is 21.0. The molecule has 1 heterocycles. The number of ether oxygens (including phenoxy) is 1. The van der Waals surface area contributed by atoms with Gasteiger partial charge in [0.1, 0.15) is 5.75 Å². The lowest BCUT2D eigenvalue weighted by Gasteiger charge is -2.31. The molecule has 0 bridgehead atoms. The van der Waals surface area contributed by atoms with Gasteiger partial charge in [-0.05, 0) is 62.6 Å². The summed E-state index contributed by atoms with van der Waals surface area (Å²) in [4.78, 5) is 12.9. The lowest BCUT2D eigenvalue weighted by molar-refractivity contribution is -0.120. The molecular formula is C21H25ClN2O4S. The highest BCUT2D eigenvalue weighted by Crippen LogP contribution is 2.28. The smallest absolute Gasteiger partial charge is 0.243 e. The number of halogens is 1. The highest BCUT2D eigenvalue weighted by molar-refractivity contribution is 7.89. The lowest BCUT2D eigenvalue weighted by Crippen LogP contribution is -2.43. The van der Waals surface area contributed by atoms with Gasteiger partial charge in [0.2, 0.25) is 15.9 Å². The monoisotopic (exact) mass is 436 g/mol. The summed E-state index contributed by atoms with van der Waals surface area (Å²) in [6.07, 6.45) is 1.25. The normalized spacial score (nSPS) is 17.7. The highest BCUT2D eigenvalue weighted by atomic mass is 35.5. The van der Waals surface area contributed by atoms with E-state index in [9.17, 15) is 13.2 Å². The topological polar surface area (TPSA) is 75.7 Å². The van der Waals surface area contributed by atoms with Crippen LogP contribution >= 0.6 is 11.6 Å². The van der Waals surface area contributed by atoms with Crippen LogP contribution in [0.4, 0.5) is 5.69 Å². The summed E-state index contributed by atoms with van der Waals surface area (Å²) in [7, 11) is -3.69. The Hall–Kier alpha value is -2.09. The molecule has 0 radical (unpaired) electrons. The Labute approximate surface area is 176 Å². The second kappa shape index (κ2) is 9.15. The van der Waals surface area contributed by atoms with Gasteiger partial charge in [0, 0.05) is 13.1 Å². The van der Waals surface area contributed by atoms with Gasteiger partial charge >= 0.3 is 0 Å². The molecule has 1 saturated heterocycles. The summed E-state index contributed by atoms with van der Waals surface area (Å²) in [5, 5.41) is 3.26. The van der Waals surface area contributed by atoms with E-state index in [2.05, 4.69) is 5.32 Å². The third-order valence-electron chi connectivity index (χ3n) is 4.97.